The van der Waals surface area contributed by atoms with Crippen LogP contribution in [-0.4, -0.2) is 23.2 Å². The maximum Gasteiger partial charge on any atom is 0.343 e. The highest BCUT2D eigenvalue weighted by Crippen LogP contribution is 2.18. The number of rotatable bonds is 5. The van der Waals surface area contributed by atoms with E-state index in [9.17, 15) is 14.7 Å². The average molecular weight is 395 g/mol. The first-order valence-electron chi connectivity index (χ1n) is 8.22. The number of aromatic hydroxyl groups is 1. The maximum absolute atomic E-state index is 12.3. The number of hydrazone groups is 1. The first kappa shape index (κ1) is 19.1. The number of benzene rings is 3. The van der Waals surface area contributed by atoms with E-state index in [0.717, 1.165) is 0 Å². The van der Waals surface area contributed by atoms with Crippen LogP contribution >= 0.6 is 11.6 Å². The fourth-order valence-electron chi connectivity index (χ4n) is 2.26. The van der Waals surface area contributed by atoms with Crippen LogP contribution in [0.15, 0.2) is 77.9 Å². The number of phenolic OH excluding ortho intramolecular Hbond substituents is 1. The molecule has 0 aliphatic heterocycles. The van der Waals surface area contributed by atoms with Crippen molar-refractivity contribution in [2.45, 2.75) is 0 Å². The number of carbonyl (C=O) groups excluding carboxylic acids is 2. The van der Waals surface area contributed by atoms with E-state index in [-0.39, 0.29) is 5.75 Å². The lowest BCUT2D eigenvalue weighted by molar-refractivity contribution is 0.0734. The summed E-state index contributed by atoms with van der Waals surface area (Å²) in [7, 11) is 0. The fraction of sp³-hybridized carbons (Fsp3) is 0. The molecular formula is C21H15ClN2O4. The van der Waals surface area contributed by atoms with Crippen LogP contribution in [0, 0.1) is 0 Å². The van der Waals surface area contributed by atoms with E-state index in [1.54, 1.807) is 48.5 Å². The highest BCUT2D eigenvalue weighted by Gasteiger charge is 2.11. The lowest BCUT2D eigenvalue weighted by Gasteiger charge is -2.07. The first-order valence-corrected chi connectivity index (χ1v) is 8.60. The quantitative estimate of drug-likeness (QED) is 0.296. The Morgan fingerprint density at radius 2 is 1.57 bits per heavy atom. The van der Waals surface area contributed by atoms with Crippen LogP contribution in [0.25, 0.3) is 0 Å². The molecule has 0 aromatic heterocycles. The summed E-state index contributed by atoms with van der Waals surface area (Å²) in [6, 6.07) is 18.9. The SMILES string of the molecule is O=C(N/N=C\c1ccccc1OC(=O)c1ccc(Cl)cc1)c1ccc(O)cc1. The molecule has 3 aromatic carbocycles. The van der Waals surface area contributed by atoms with E-state index in [1.165, 1.54) is 30.5 Å². The van der Waals surface area contributed by atoms with Gasteiger partial charge in [0.1, 0.15) is 11.5 Å². The lowest BCUT2D eigenvalue weighted by Crippen LogP contribution is -2.17. The smallest absolute Gasteiger partial charge is 0.343 e. The van der Waals surface area contributed by atoms with Crippen LogP contribution in [0.5, 0.6) is 11.5 Å². The van der Waals surface area contributed by atoms with E-state index in [0.29, 0.717) is 27.5 Å². The molecule has 0 radical (unpaired) electrons. The Hall–Kier alpha value is -3.64. The lowest BCUT2D eigenvalue weighted by atomic mass is 10.2. The van der Waals surface area contributed by atoms with Gasteiger partial charge in [-0.1, -0.05) is 23.7 Å². The summed E-state index contributed by atoms with van der Waals surface area (Å²) >= 11 is 5.82. The minimum atomic E-state index is -0.536. The Bertz CT molecular complexity index is 1020. The van der Waals surface area contributed by atoms with Gasteiger partial charge < -0.3 is 9.84 Å². The van der Waals surface area contributed by atoms with Crippen molar-refractivity contribution in [3.8, 4) is 11.5 Å². The third-order valence-corrected chi connectivity index (χ3v) is 3.95. The summed E-state index contributed by atoms with van der Waals surface area (Å²) in [5, 5.41) is 13.7. The number of halogens is 1. The summed E-state index contributed by atoms with van der Waals surface area (Å²) in [5.74, 6) is -0.612. The highest BCUT2D eigenvalue weighted by atomic mass is 35.5. The van der Waals surface area contributed by atoms with Gasteiger partial charge in [0.05, 0.1) is 11.8 Å². The van der Waals surface area contributed by atoms with E-state index in [1.807, 2.05) is 0 Å². The standard InChI is InChI=1S/C21H15ClN2O4/c22-17-9-5-15(6-10-17)21(27)28-19-4-2-1-3-16(19)13-23-24-20(26)14-7-11-18(25)12-8-14/h1-13,25H,(H,24,26)/b23-13-. The molecule has 0 fully saturated rings. The molecule has 0 bridgehead atoms. The minimum absolute atomic E-state index is 0.0662. The van der Waals surface area contributed by atoms with Gasteiger partial charge in [-0.3, -0.25) is 4.79 Å². The van der Waals surface area contributed by atoms with Gasteiger partial charge in [-0.15, -0.1) is 0 Å². The number of para-hydroxylation sites is 1. The summed E-state index contributed by atoms with van der Waals surface area (Å²) in [4.78, 5) is 24.3. The Morgan fingerprint density at radius 3 is 2.29 bits per heavy atom. The Balaban J connectivity index is 1.68. The summed E-state index contributed by atoms with van der Waals surface area (Å²) in [6.45, 7) is 0. The van der Waals surface area contributed by atoms with Gasteiger partial charge in [0.15, 0.2) is 0 Å². The fourth-order valence-corrected chi connectivity index (χ4v) is 2.39. The normalized spacial score (nSPS) is 10.6. The molecule has 0 saturated heterocycles. The van der Waals surface area contributed by atoms with Crippen molar-refractivity contribution in [1.82, 2.24) is 5.43 Å². The summed E-state index contributed by atoms with van der Waals surface area (Å²) in [6.07, 6.45) is 1.38. The topological polar surface area (TPSA) is 88.0 Å². The zero-order chi connectivity index (χ0) is 19.9. The van der Waals surface area contributed by atoms with Gasteiger partial charge in [0, 0.05) is 16.1 Å². The van der Waals surface area contributed by atoms with Gasteiger partial charge in [-0.05, 0) is 60.7 Å². The molecule has 2 N–H and O–H groups in total. The van der Waals surface area contributed by atoms with Crippen molar-refractivity contribution in [3.63, 3.8) is 0 Å². The second kappa shape index (κ2) is 8.83. The number of hydrogen-bond donors (Lipinski definition) is 2. The molecule has 0 aliphatic rings. The van der Waals surface area contributed by atoms with E-state index >= 15 is 0 Å². The number of amides is 1. The Labute approximate surface area is 166 Å². The monoisotopic (exact) mass is 394 g/mol. The van der Waals surface area contributed by atoms with E-state index < -0.39 is 11.9 Å². The zero-order valence-electron chi connectivity index (χ0n) is 14.5. The number of nitrogens with one attached hydrogen (secondary N) is 1. The van der Waals surface area contributed by atoms with Crippen LogP contribution < -0.4 is 10.2 Å². The molecule has 0 unspecified atom stereocenters. The molecule has 0 aliphatic carbocycles. The van der Waals surface area contributed by atoms with Crippen LogP contribution in [0.2, 0.25) is 5.02 Å². The second-order valence-corrected chi connectivity index (χ2v) is 6.12. The van der Waals surface area contributed by atoms with Gasteiger partial charge in [0.2, 0.25) is 0 Å². The molecular weight excluding hydrogens is 380 g/mol. The number of esters is 1. The summed E-state index contributed by atoms with van der Waals surface area (Å²) < 4.78 is 5.41. The van der Waals surface area contributed by atoms with Gasteiger partial charge in [-0.2, -0.15) is 5.10 Å². The molecule has 0 atom stereocenters. The number of nitrogens with zero attached hydrogens (tertiary/aromatic N) is 1. The van der Waals surface area contributed by atoms with Gasteiger partial charge in [0.25, 0.3) is 5.91 Å². The molecule has 0 saturated carbocycles. The number of carbonyl (C=O) groups is 2. The largest absolute Gasteiger partial charge is 0.508 e. The summed E-state index contributed by atoms with van der Waals surface area (Å²) in [5.41, 5.74) is 3.59. The minimum Gasteiger partial charge on any atom is -0.508 e. The zero-order valence-corrected chi connectivity index (χ0v) is 15.3. The van der Waals surface area contributed by atoms with Crippen LogP contribution in [0.3, 0.4) is 0 Å². The van der Waals surface area contributed by atoms with Gasteiger partial charge >= 0.3 is 5.97 Å². The molecule has 1 amide bonds. The van der Waals surface area contributed by atoms with Crippen molar-refractivity contribution in [1.29, 1.82) is 0 Å². The van der Waals surface area contributed by atoms with Crippen LogP contribution in [0.4, 0.5) is 0 Å². The van der Waals surface area contributed by atoms with Crippen LogP contribution in [-0.2, 0) is 0 Å². The average Bonchev–Trinajstić information content (AvgIpc) is 2.70. The molecule has 140 valence electrons. The van der Waals surface area contributed by atoms with Crippen molar-refractivity contribution in [2.24, 2.45) is 5.10 Å². The molecule has 3 rings (SSSR count). The molecule has 0 heterocycles. The number of phenols is 1. The molecule has 7 heteroatoms. The molecule has 3 aromatic rings. The van der Waals surface area contributed by atoms with Crippen molar-refractivity contribution >= 4 is 29.7 Å². The second-order valence-electron chi connectivity index (χ2n) is 5.68. The Kier molecular flexibility index (Phi) is 6.04. The van der Waals surface area contributed by atoms with Crippen LogP contribution in [0.1, 0.15) is 26.3 Å². The third kappa shape index (κ3) is 4.96. The number of hydrogen-bond acceptors (Lipinski definition) is 5. The van der Waals surface area contributed by atoms with E-state index in [2.05, 4.69) is 10.5 Å². The molecule has 28 heavy (non-hydrogen) atoms. The number of ether oxygens (including phenoxy) is 1. The van der Waals surface area contributed by atoms with E-state index in [4.69, 9.17) is 16.3 Å². The Morgan fingerprint density at radius 1 is 0.929 bits per heavy atom. The molecule has 0 spiro atoms. The molecule has 6 nitrogen and oxygen atoms in total. The highest BCUT2D eigenvalue weighted by molar-refractivity contribution is 6.30. The van der Waals surface area contributed by atoms with Crippen molar-refractivity contribution in [2.75, 3.05) is 0 Å². The first-order chi connectivity index (χ1) is 13.5. The van der Waals surface area contributed by atoms with Gasteiger partial charge in [-0.25, -0.2) is 10.2 Å². The van der Waals surface area contributed by atoms with Crippen molar-refractivity contribution in [3.05, 3.63) is 94.5 Å². The predicted octanol–water partition coefficient (Wildman–Crippen LogP) is 4.03. The maximum atomic E-state index is 12.3. The third-order valence-electron chi connectivity index (χ3n) is 3.70. The predicted molar refractivity (Wildman–Crippen MR) is 106 cm³/mol. The van der Waals surface area contributed by atoms with Crippen molar-refractivity contribution < 1.29 is 19.4 Å².